The second-order valence-electron chi connectivity index (χ2n) is 11.1. The van der Waals surface area contributed by atoms with E-state index in [1.807, 2.05) is 18.2 Å². The van der Waals surface area contributed by atoms with Crippen LogP contribution in [0, 0.1) is 5.92 Å². The summed E-state index contributed by atoms with van der Waals surface area (Å²) < 4.78 is 11.4. The van der Waals surface area contributed by atoms with E-state index in [2.05, 4.69) is 33.3 Å². The molecule has 0 aromatic heterocycles. The summed E-state index contributed by atoms with van der Waals surface area (Å²) in [6, 6.07) is 12.1. The number of amides is 1. The van der Waals surface area contributed by atoms with E-state index >= 15 is 0 Å². The maximum absolute atomic E-state index is 13.5. The third-order valence-corrected chi connectivity index (χ3v) is 8.53. The normalized spacial score (nSPS) is 22.9. The molecule has 2 fully saturated rings. The Morgan fingerprint density at radius 2 is 1.73 bits per heavy atom. The monoisotopic (exact) mass is 505 g/mol. The lowest BCUT2D eigenvalue weighted by Crippen LogP contribution is -2.48. The van der Waals surface area contributed by atoms with Crippen LogP contribution < -0.4 is 19.7 Å². The van der Waals surface area contributed by atoms with E-state index in [4.69, 9.17) is 9.47 Å². The molecule has 4 aliphatic rings. The number of rotatable bonds is 7. The Bertz CT molecular complexity index is 1120. The average molecular weight is 506 g/mol. The summed E-state index contributed by atoms with van der Waals surface area (Å²) in [7, 11) is 0. The number of nitrogens with zero attached hydrogens (tertiary/aromatic N) is 2. The van der Waals surface area contributed by atoms with Crippen LogP contribution in [0.25, 0.3) is 0 Å². The second-order valence-corrected chi connectivity index (χ2v) is 11.1. The molecule has 1 amide bonds. The third-order valence-electron chi connectivity index (χ3n) is 8.53. The molecule has 0 bridgehead atoms. The molecule has 2 N–H and O–H groups in total. The number of carbonyl (C=O) groups is 1. The highest BCUT2D eigenvalue weighted by molar-refractivity contribution is 5.80. The summed E-state index contributed by atoms with van der Waals surface area (Å²) in [6.07, 6.45) is 7.25. The maximum atomic E-state index is 13.5. The smallest absolute Gasteiger partial charge is 0.225 e. The van der Waals surface area contributed by atoms with Gasteiger partial charge in [-0.15, -0.1) is 0 Å². The van der Waals surface area contributed by atoms with Gasteiger partial charge in [0.2, 0.25) is 5.91 Å². The summed E-state index contributed by atoms with van der Waals surface area (Å²) in [4.78, 5) is 18.2. The molecule has 0 saturated carbocycles. The van der Waals surface area contributed by atoms with Crippen LogP contribution in [0.15, 0.2) is 36.4 Å². The molecule has 37 heavy (non-hydrogen) atoms. The van der Waals surface area contributed by atoms with Crippen molar-refractivity contribution in [2.24, 2.45) is 5.92 Å². The zero-order valence-corrected chi connectivity index (χ0v) is 21.7. The van der Waals surface area contributed by atoms with Gasteiger partial charge in [-0.05, 0) is 99.0 Å². The minimum atomic E-state index is -0.821. The zero-order chi connectivity index (χ0) is 25.2. The fourth-order valence-corrected chi connectivity index (χ4v) is 6.37. The Kier molecular flexibility index (Phi) is 7.25. The van der Waals surface area contributed by atoms with E-state index < -0.39 is 6.10 Å². The van der Waals surface area contributed by atoms with Crippen LogP contribution in [0.5, 0.6) is 11.5 Å². The number of ether oxygens (including phenoxy) is 2. The quantitative estimate of drug-likeness (QED) is 0.600. The van der Waals surface area contributed by atoms with Crippen molar-refractivity contribution < 1.29 is 19.4 Å². The van der Waals surface area contributed by atoms with Crippen LogP contribution in [0.3, 0.4) is 0 Å². The number of hydrogen-bond donors (Lipinski definition) is 2. The van der Waals surface area contributed by atoms with Gasteiger partial charge in [0.1, 0.15) is 19.3 Å². The lowest BCUT2D eigenvalue weighted by atomic mass is 9.91. The fourth-order valence-electron chi connectivity index (χ4n) is 6.37. The van der Waals surface area contributed by atoms with Crippen molar-refractivity contribution in [3.05, 3.63) is 53.1 Å². The first-order valence-electron chi connectivity index (χ1n) is 14.1. The van der Waals surface area contributed by atoms with Gasteiger partial charge < -0.3 is 29.7 Å². The van der Waals surface area contributed by atoms with Crippen molar-refractivity contribution in [3.63, 3.8) is 0 Å². The number of fused-ring (bicyclic) bond motifs is 2. The van der Waals surface area contributed by atoms with Crippen molar-refractivity contribution in [3.8, 4) is 11.5 Å². The second kappa shape index (κ2) is 10.9. The molecule has 2 saturated heterocycles. The lowest BCUT2D eigenvalue weighted by molar-refractivity contribution is -0.126. The molecule has 7 heteroatoms. The van der Waals surface area contributed by atoms with Crippen molar-refractivity contribution in [2.75, 3.05) is 50.8 Å². The Morgan fingerprint density at radius 1 is 0.946 bits per heavy atom. The number of nitrogens with one attached hydrogen (secondary N) is 1. The first kappa shape index (κ1) is 24.6. The van der Waals surface area contributed by atoms with Gasteiger partial charge in [-0.25, -0.2) is 0 Å². The van der Waals surface area contributed by atoms with Crippen molar-refractivity contribution >= 4 is 11.6 Å². The Balaban J connectivity index is 1.14. The topological polar surface area (TPSA) is 74.3 Å². The minimum Gasteiger partial charge on any atom is -0.486 e. The van der Waals surface area contributed by atoms with Gasteiger partial charge >= 0.3 is 0 Å². The SMILES string of the molecule is O=C(N[C@H](CN1CCCC1)[C@H](O)c1ccc2c(c1)OCCO2)[C@H]1CCN(c2ccc3c(c2)CCCC3)C1. The molecule has 0 radical (unpaired) electrons. The van der Waals surface area contributed by atoms with Crippen LogP contribution in [0.2, 0.25) is 0 Å². The molecule has 7 nitrogen and oxygen atoms in total. The number of carbonyl (C=O) groups excluding carboxylic acids is 1. The number of hydrogen-bond acceptors (Lipinski definition) is 6. The number of likely N-dealkylation sites (tertiary alicyclic amines) is 1. The summed E-state index contributed by atoms with van der Waals surface area (Å²) in [5.74, 6) is 1.33. The van der Waals surface area contributed by atoms with Gasteiger partial charge in [0.25, 0.3) is 0 Å². The predicted molar refractivity (Wildman–Crippen MR) is 143 cm³/mol. The number of aliphatic hydroxyl groups excluding tert-OH is 1. The van der Waals surface area contributed by atoms with E-state index in [0.29, 0.717) is 31.3 Å². The molecule has 0 spiro atoms. The number of aryl methyl sites for hydroxylation is 2. The molecule has 198 valence electrons. The molecule has 1 aliphatic carbocycles. The number of benzene rings is 2. The summed E-state index contributed by atoms with van der Waals surface area (Å²) >= 11 is 0. The van der Waals surface area contributed by atoms with E-state index in [1.54, 1.807) is 0 Å². The molecule has 2 aromatic rings. The standard InChI is InChI=1S/C30H39N3O4/c34-29(23-8-10-27-28(18-23)37-16-15-36-27)26(20-32-12-3-4-13-32)31-30(35)24-11-14-33(19-24)25-9-7-21-5-1-2-6-22(21)17-25/h7-10,17-18,24,26,29,34H,1-6,11-16,19-20H2,(H,31,35)/t24-,26+,29+/m0/s1. The van der Waals surface area contributed by atoms with Gasteiger partial charge in [0, 0.05) is 25.3 Å². The molecule has 6 rings (SSSR count). The van der Waals surface area contributed by atoms with Gasteiger partial charge in [-0.2, -0.15) is 0 Å². The highest BCUT2D eigenvalue weighted by Gasteiger charge is 2.33. The first-order chi connectivity index (χ1) is 18.1. The van der Waals surface area contributed by atoms with Crippen molar-refractivity contribution in [1.82, 2.24) is 10.2 Å². The zero-order valence-electron chi connectivity index (χ0n) is 21.7. The van der Waals surface area contributed by atoms with E-state index in [1.165, 1.54) is 48.9 Å². The molecule has 3 atom stereocenters. The molecular formula is C30H39N3O4. The van der Waals surface area contributed by atoms with Crippen LogP contribution in [-0.2, 0) is 17.6 Å². The molecule has 3 heterocycles. The minimum absolute atomic E-state index is 0.0428. The van der Waals surface area contributed by atoms with Crippen molar-refractivity contribution in [2.45, 2.75) is 57.1 Å². The lowest BCUT2D eigenvalue weighted by Gasteiger charge is -2.30. The Labute approximate surface area is 219 Å². The van der Waals surface area contributed by atoms with Gasteiger partial charge in [0.05, 0.1) is 12.0 Å². The summed E-state index contributed by atoms with van der Waals surface area (Å²) in [5.41, 5.74) is 4.95. The fraction of sp³-hybridized carbons (Fsp3) is 0.567. The van der Waals surface area contributed by atoms with Crippen LogP contribution in [-0.4, -0.2) is 67.9 Å². The van der Waals surface area contributed by atoms with Crippen molar-refractivity contribution in [1.29, 1.82) is 0 Å². The average Bonchev–Trinajstić information content (AvgIpc) is 3.64. The molecule has 0 unspecified atom stereocenters. The van der Waals surface area contributed by atoms with Gasteiger partial charge in [-0.3, -0.25) is 4.79 Å². The van der Waals surface area contributed by atoms with Crippen LogP contribution in [0.1, 0.15) is 54.9 Å². The highest BCUT2D eigenvalue weighted by Crippen LogP contribution is 2.34. The van der Waals surface area contributed by atoms with Gasteiger partial charge in [0.15, 0.2) is 11.5 Å². The van der Waals surface area contributed by atoms with Crippen LogP contribution in [0.4, 0.5) is 5.69 Å². The highest BCUT2D eigenvalue weighted by atomic mass is 16.6. The first-order valence-corrected chi connectivity index (χ1v) is 14.1. The summed E-state index contributed by atoms with van der Waals surface area (Å²) in [6.45, 7) is 5.31. The number of anilines is 1. The predicted octanol–water partition coefficient (Wildman–Crippen LogP) is 3.48. The Hall–Kier alpha value is -2.77. The van der Waals surface area contributed by atoms with E-state index in [-0.39, 0.29) is 17.9 Å². The maximum Gasteiger partial charge on any atom is 0.225 e. The molecule has 3 aliphatic heterocycles. The van der Waals surface area contributed by atoms with E-state index in [9.17, 15) is 9.90 Å². The molecular weight excluding hydrogens is 466 g/mol. The van der Waals surface area contributed by atoms with Crippen LogP contribution >= 0.6 is 0 Å². The molecule has 2 aromatic carbocycles. The summed E-state index contributed by atoms with van der Waals surface area (Å²) in [5, 5.41) is 14.7. The Morgan fingerprint density at radius 3 is 2.57 bits per heavy atom. The van der Waals surface area contributed by atoms with Gasteiger partial charge in [-0.1, -0.05) is 12.1 Å². The number of aliphatic hydroxyl groups is 1. The largest absolute Gasteiger partial charge is 0.486 e. The third kappa shape index (κ3) is 5.43. The van der Waals surface area contributed by atoms with E-state index in [0.717, 1.165) is 44.6 Å².